The van der Waals surface area contributed by atoms with Crippen LogP contribution in [-0.4, -0.2) is 51.1 Å². The Labute approximate surface area is 149 Å². The van der Waals surface area contributed by atoms with E-state index in [9.17, 15) is 14.4 Å². The molecule has 1 aromatic carbocycles. The molecule has 0 spiro atoms. The molecule has 2 N–H and O–H groups in total. The number of carbonyl (C=O) groups is 3. The molecule has 2 aliphatic heterocycles. The molecule has 0 aliphatic carbocycles. The lowest BCUT2D eigenvalue weighted by Gasteiger charge is -2.27. The van der Waals surface area contributed by atoms with Gasteiger partial charge in [0.05, 0.1) is 12.2 Å². The molecule has 8 heteroatoms. The third-order valence-corrected chi connectivity index (χ3v) is 4.90. The molecule has 4 rings (SSSR count). The van der Waals surface area contributed by atoms with Gasteiger partial charge in [0.15, 0.2) is 5.69 Å². The summed E-state index contributed by atoms with van der Waals surface area (Å²) in [4.78, 5) is 39.3. The summed E-state index contributed by atoms with van der Waals surface area (Å²) in [7, 11) is 0. The largest absolute Gasteiger partial charge is 0.476 e. The Morgan fingerprint density at radius 2 is 2.04 bits per heavy atom. The maximum absolute atomic E-state index is 12.9. The molecule has 26 heavy (non-hydrogen) atoms. The van der Waals surface area contributed by atoms with Gasteiger partial charge < -0.3 is 14.9 Å². The van der Waals surface area contributed by atoms with Crippen molar-refractivity contribution in [3.63, 3.8) is 0 Å². The smallest absolute Gasteiger partial charge is 0.356 e. The maximum Gasteiger partial charge on any atom is 0.356 e. The average molecular weight is 354 g/mol. The number of H-pyrrole nitrogens is 1. The van der Waals surface area contributed by atoms with Gasteiger partial charge in [-0.05, 0) is 31.0 Å². The fourth-order valence-corrected chi connectivity index (χ4v) is 3.58. The number of amides is 2. The fourth-order valence-electron chi connectivity index (χ4n) is 3.58. The first-order valence-electron chi connectivity index (χ1n) is 8.53. The minimum atomic E-state index is -1.06. The molecule has 0 radical (unpaired) electrons. The zero-order chi connectivity index (χ0) is 18.3. The van der Waals surface area contributed by atoms with Gasteiger partial charge >= 0.3 is 5.97 Å². The first-order valence-corrected chi connectivity index (χ1v) is 8.53. The number of nitrogens with zero attached hydrogens (tertiary/aromatic N) is 3. The second-order valence-electron chi connectivity index (χ2n) is 6.51. The van der Waals surface area contributed by atoms with Gasteiger partial charge in [-0.3, -0.25) is 14.7 Å². The molecule has 2 aromatic rings. The van der Waals surface area contributed by atoms with Crippen LogP contribution in [0.4, 0.5) is 5.69 Å². The lowest BCUT2D eigenvalue weighted by molar-refractivity contribution is -0.117. The SMILES string of the molecule is O=C(O)c1n[nH]c2c1CCN(C(=O)c1cccc(N3CCCC3=O)c1)C2. The Morgan fingerprint density at radius 3 is 2.77 bits per heavy atom. The predicted octanol–water partition coefficient (Wildman–Crippen LogP) is 1.43. The zero-order valence-electron chi connectivity index (χ0n) is 14.1. The van der Waals surface area contributed by atoms with E-state index in [2.05, 4.69) is 10.2 Å². The van der Waals surface area contributed by atoms with Crippen LogP contribution in [0.25, 0.3) is 0 Å². The topological polar surface area (TPSA) is 107 Å². The van der Waals surface area contributed by atoms with E-state index in [1.54, 1.807) is 28.0 Å². The van der Waals surface area contributed by atoms with Gasteiger partial charge in [0.1, 0.15) is 0 Å². The number of hydrogen-bond acceptors (Lipinski definition) is 4. The van der Waals surface area contributed by atoms with E-state index in [0.29, 0.717) is 49.3 Å². The van der Waals surface area contributed by atoms with Crippen molar-refractivity contribution in [3.05, 3.63) is 46.8 Å². The van der Waals surface area contributed by atoms with Gasteiger partial charge in [0, 0.05) is 36.3 Å². The summed E-state index contributed by atoms with van der Waals surface area (Å²) in [6.07, 6.45) is 1.82. The normalized spacial score (nSPS) is 16.7. The standard InChI is InChI=1S/C18H18N4O4/c23-15-5-2-7-22(15)12-4-1-3-11(9-12)17(24)21-8-6-13-14(10-21)19-20-16(13)18(25)26/h1,3-4,9H,2,5-8,10H2,(H,19,20)(H,25,26). The second-order valence-corrected chi connectivity index (χ2v) is 6.51. The third-order valence-electron chi connectivity index (χ3n) is 4.90. The first kappa shape index (κ1) is 16.3. The quantitative estimate of drug-likeness (QED) is 0.867. The van der Waals surface area contributed by atoms with Crippen molar-refractivity contribution in [2.75, 3.05) is 18.0 Å². The number of aromatic carboxylic acids is 1. The Hall–Kier alpha value is -3.16. The van der Waals surface area contributed by atoms with Gasteiger partial charge in [-0.1, -0.05) is 6.07 Å². The Morgan fingerprint density at radius 1 is 1.19 bits per heavy atom. The number of benzene rings is 1. The number of anilines is 1. The summed E-state index contributed by atoms with van der Waals surface area (Å²) in [5.41, 5.74) is 2.61. The molecule has 1 fully saturated rings. The van der Waals surface area contributed by atoms with E-state index in [-0.39, 0.29) is 17.5 Å². The molecule has 3 heterocycles. The number of carboxylic acid groups (broad SMARTS) is 1. The summed E-state index contributed by atoms with van der Waals surface area (Å²) in [5, 5.41) is 15.7. The number of nitrogens with one attached hydrogen (secondary N) is 1. The summed E-state index contributed by atoms with van der Waals surface area (Å²) in [6, 6.07) is 7.10. The number of carboxylic acids is 1. The highest BCUT2D eigenvalue weighted by molar-refractivity contribution is 5.99. The molecule has 0 bridgehead atoms. The molecule has 134 valence electrons. The van der Waals surface area contributed by atoms with Crippen molar-refractivity contribution in [1.29, 1.82) is 0 Å². The van der Waals surface area contributed by atoms with E-state index in [0.717, 1.165) is 12.1 Å². The van der Waals surface area contributed by atoms with Crippen LogP contribution in [0.15, 0.2) is 24.3 Å². The van der Waals surface area contributed by atoms with Gasteiger partial charge in [-0.25, -0.2) is 4.79 Å². The van der Waals surface area contributed by atoms with Crippen LogP contribution in [0.3, 0.4) is 0 Å². The van der Waals surface area contributed by atoms with Crippen molar-refractivity contribution in [2.24, 2.45) is 0 Å². The summed E-state index contributed by atoms with van der Waals surface area (Å²) in [6.45, 7) is 1.40. The molecule has 2 aliphatic rings. The molecular weight excluding hydrogens is 336 g/mol. The van der Waals surface area contributed by atoms with Crippen molar-refractivity contribution in [1.82, 2.24) is 15.1 Å². The molecule has 8 nitrogen and oxygen atoms in total. The Kier molecular flexibility index (Phi) is 3.95. The van der Waals surface area contributed by atoms with Crippen LogP contribution < -0.4 is 4.90 Å². The minimum absolute atomic E-state index is 0.0293. The van der Waals surface area contributed by atoms with E-state index in [1.165, 1.54) is 0 Å². The predicted molar refractivity (Wildman–Crippen MR) is 92.0 cm³/mol. The fraction of sp³-hybridized carbons (Fsp3) is 0.333. The number of aromatic amines is 1. The lowest BCUT2D eigenvalue weighted by atomic mass is 10.0. The van der Waals surface area contributed by atoms with Crippen LogP contribution in [0, 0.1) is 0 Å². The lowest BCUT2D eigenvalue weighted by Crippen LogP contribution is -2.36. The summed E-state index contributed by atoms with van der Waals surface area (Å²) < 4.78 is 0. The van der Waals surface area contributed by atoms with Gasteiger partial charge in [-0.15, -0.1) is 0 Å². The molecule has 1 aromatic heterocycles. The molecule has 0 unspecified atom stereocenters. The second kappa shape index (κ2) is 6.29. The van der Waals surface area contributed by atoms with Crippen LogP contribution in [-0.2, 0) is 17.8 Å². The van der Waals surface area contributed by atoms with Crippen molar-refractivity contribution in [3.8, 4) is 0 Å². The molecular formula is C18H18N4O4. The number of rotatable bonds is 3. The highest BCUT2D eigenvalue weighted by Crippen LogP contribution is 2.25. The maximum atomic E-state index is 12.9. The molecule has 0 saturated carbocycles. The number of fused-ring (bicyclic) bond motifs is 1. The van der Waals surface area contributed by atoms with Crippen LogP contribution in [0.2, 0.25) is 0 Å². The zero-order valence-corrected chi connectivity index (χ0v) is 14.1. The van der Waals surface area contributed by atoms with E-state index >= 15 is 0 Å². The first-order chi connectivity index (χ1) is 12.5. The van der Waals surface area contributed by atoms with Crippen LogP contribution >= 0.6 is 0 Å². The number of aromatic nitrogens is 2. The number of hydrogen-bond donors (Lipinski definition) is 2. The number of carbonyl (C=O) groups excluding carboxylic acids is 2. The highest BCUT2D eigenvalue weighted by Gasteiger charge is 2.28. The van der Waals surface area contributed by atoms with Gasteiger partial charge in [-0.2, -0.15) is 5.10 Å². The summed E-state index contributed by atoms with van der Waals surface area (Å²) >= 11 is 0. The highest BCUT2D eigenvalue weighted by atomic mass is 16.4. The van der Waals surface area contributed by atoms with Crippen molar-refractivity contribution < 1.29 is 19.5 Å². The third kappa shape index (κ3) is 2.73. The molecule has 0 atom stereocenters. The summed E-state index contributed by atoms with van der Waals surface area (Å²) in [5.74, 6) is -1.13. The Bertz CT molecular complexity index is 904. The molecule has 1 saturated heterocycles. The van der Waals surface area contributed by atoms with Gasteiger partial charge in [0.25, 0.3) is 5.91 Å². The van der Waals surface area contributed by atoms with Crippen LogP contribution in [0.1, 0.15) is 44.9 Å². The monoisotopic (exact) mass is 354 g/mol. The average Bonchev–Trinajstić information content (AvgIpc) is 3.26. The van der Waals surface area contributed by atoms with Crippen LogP contribution in [0.5, 0.6) is 0 Å². The van der Waals surface area contributed by atoms with E-state index in [4.69, 9.17) is 5.11 Å². The van der Waals surface area contributed by atoms with E-state index < -0.39 is 5.97 Å². The minimum Gasteiger partial charge on any atom is -0.476 e. The Balaban J connectivity index is 1.55. The van der Waals surface area contributed by atoms with Gasteiger partial charge in [0.2, 0.25) is 5.91 Å². The molecule has 2 amide bonds. The van der Waals surface area contributed by atoms with E-state index in [1.807, 2.05) is 6.07 Å². The van der Waals surface area contributed by atoms with Crippen molar-refractivity contribution in [2.45, 2.75) is 25.8 Å². The van der Waals surface area contributed by atoms with Crippen molar-refractivity contribution >= 4 is 23.5 Å².